The maximum Gasteiger partial charge on any atom is -0.00139 e. The van der Waals surface area contributed by atoms with E-state index in [0.29, 0.717) is 0 Å². The van der Waals surface area contributed by atoms with Crippen LogP contribution in [0.2, 0.25) is 0 Å². The van der Waals surface area contributed by atoms with Crippen LogP contribution < -0.4 is 0 Å². The topological polar surface area (TPSA) is 0 Å². The first-order chi connectivity index (χ1) is 24.8. The van der Waals surface area contributed by atoms with Crippen LogP contribution in [0, 0.1) is 0 Å². The van der Waals surface area contributed by atoms with Crippen LogP contribution in [0.4, 0.5) is 0 Å². The van der Waals surface area contributed by atoms with E-state index in [1.165, 1.54) is 98.4 Å². The first-order valence-corrected chi connectivity index (χ1v) is 17.4. The quantitative estimate of drug-likeness (QED) is 0.169. The van der Waals surface area contributed by atoms with Crippen LogP contribution in [-0.4, -0.2) is 0 Å². The van der Waals surface area contributed by atoms with Gasteiger partial charge in [-0.25, -0.2) is 0 Å². The molecule has 0 heterocycles. The Labute approximate surface area is 291 Å². The second kappa shape index (κ2) is 11.6. The summed E-state index contributed by atoms with van der Waals surface area (Å²) < 4.78 is 0. The van der Waals surface area contributed by atoms with Gasteiger partial charge in [0.1, 0.15) is 0 Å². The molecule has 0 bridgehead atoms. The van der Waals surface area contributed by atoms with Gasteiger partial charge in [0.15, 0.2) is 0 Å². The third kappa shape index (κ3) is 4.46. The molecule has 0 atom stereocenters. The third-order valence-corrected chi connectivity index (χ3v) is 10.4. The molecule has 0 N–H and O–H groups in total. The summed E-state index contributed by atoms with van der Waals surface area (Å²) in [6.45, 7) is 0. The molecule has 0 saturated heterocycles. The summed E-state index contributed by atoms with van der Waals surface area (Å²) in [5.74, 6) is 0. The fraction of sp³-hybridized carbons (Fsp3) is 0. The number of fused-ring (bicyclic) bond motifs is 5. The smallest absolute Gasteiger partial charge is 0.00139 e. The molecule has 0 aliphatic heterocycles. The Hall–Kier alpha value is -6.50. The standard InChI is InChI=1S/C50H32/c1-2-17-36-32-37(31-30-33(36)14-1)40-26-13-29-47-48(43-28-12-19-35-16-4-6-21-39(35)43)45-24-9-10-25-46(45)50(49(40)47)44-23-8-7-22-42(44)41-27-11-18-34-15-3-5-20-38(34)41/h1-32H. The molecule has 0 aliphatic carbocycles. The van der Waals surface area contributed by atoms with E-state index in [9.17, 15) is 0 Å². The molecular formula is C50H32. The van der Waals surface area contributed by atoms with Gasteiger partial charge in [0, 0.05) is 0 Å². The molecule has 50 heavy (non-hydrogen) atoms. The first kappa shape index (κ1) is 28.5. The van der Waals surface area contributed by atoms with Gasteiger partial charge in [0.2, 0.25) is 0 Å². The summed E-state index contributed by atoms with van der Waals surface area (Å²) in [6.07, 6.45) is 0. The molecule has 0 unspecified atom stereocenters. The lowest BCUT2D eigenvalue weighted by Crippen LogP contribution is -1.95. The van der Waals surface area contributed by atoms with Crippen molar-refractivity contribution in [3.63, 3.8) is 0 Å². The van der Waals surface area contributed by atoms with Crippen molar-refractivity contribution in [2.24, 2.45) is 0 Å². The highest BCUT2D eigenvalue weighted by Crippen LogP contribution is 2.50. The van der Waals surface area contributed by atoms with E-state index in [0.717, 1.165) is 0 Å². The second-order valence-corrected chi connectivity index (χ2v) is 13.2. The van der Waals surface area contributed by atoms with Crippen molar-refractivity contribution >= 4 is 53.9 Å². The minimum Gasteiger partial charge on any atom is -0.0616 e. The Balaban J connectivity index is 1.40. The minimum absolute atomic E-state index is 1.22. The highest BCUT2D eigenvalue weighted by Gasteiger charge is 2.22. The van der Waals surface area contributed by atoms with E-state index in [1.54, 1.807) is 0 Å². The number of hydrogen-bond acceptors (Lipinski definition) is 0. The molecule has 0 aliphatic rings. The van der Waals surface area contributed by atoms with Crippen molar-refractivity contribution in [2.45, 2.75) is 0 Å². The molecule has 0 radical (unpaired) electrons. The van der Waals surface area contributed by atoms with Gasteiger partial charge in [0.25, 0.3) is 0 Å². The van der Waals surface area contributed by atoms with Gasteiger partial charge in [-0.2, -0.15) is 0 Å². The number of hydrogen-bond donors (Lipinski definition) is 0. The maximum absolute atomic E-state index is 2.36. The predicted molar refractivity (Wildman–Crippen MR) is 216 cm³/mol. The average Bonchev–Trinajstić information content (AvgIpc) is 3.19. The zero-order valence-corrected chi connectivity index (χ0v) is 27.5. The van der Waals surface area contributed by atoms with Crippen LogP contribution in [0.1, 0.15) is 0 Å². The van der Waals surface area contributed by atoms with Gasteiger partial charge in [-0.3, -0.25) is 0 Å². The van der Waals surface area contributed by atoms with Gasteiger partial charge >= 0.3 is 0 Å². The van der Waals surface area contributed by atoms with E-state index in [2.05, 4.69) is 194 Å². The highest BCUT2D eigenvalue weighted by atomic mass is 14.3. The summed E-state index contributed by atoms with van der Waals surface area (Å²) in [5, 5.41) is 12.6. The summed E-state index contributed by atoms with van der Waals surface area (Å²) in [6, 6.07) is 71.4. The first-order valence-electron chi connectivity index (χ1n) is 17.4. The van der Waals surface area contributed by atoms with Gasteiger partial charge in [0.05, 0.1) is 0 Å². The zero-order valence-electron chi connectivity index (χ0n) is 27.5. The predicted octanol–water partition coefficient (Wildman–Crippen LogP) is 14.1. The number of rotatable bonds is 4. The van der Waals surface area contributed by atoms with Crippen molar-refractivity contribution < 1.29 is 0 Å². The van der Waals surface area contributed by atoms with Crippen LogP contribution in [0.15, 0.2) is 194 Å². The second-order valence-electron chi connectivity index (χ2n) is 13.2. The molecule has 10 rings (SSSR count). The van der Waals surface area contributed by atoms with Crippen molar-refractivity contribution in [1.82, 2.24) is 0 Å². The Kier molecular flexibility index (Phi) is 6.60. The molecule has 0 fully saturated rings. The van der Waals surface area contributed by atoms with Crippen LogP contribution in [0.5, 0.6) is 0 Å². The zero-order chi connectivity index (χ0) is 33.0. The normalized spacial score (nSPS) is 11.6. The summed E-state index contributed by atoms with van der Waals surface area (Å²) in [4.78, 5) is 0. The molecule has 0 aromatic heterocycles. The van der Waals surface area contributed by atoms with Gasteiger partial charge < -0.3 is 0 Å². The van der Waals surface area contributed by atoms with Crippen LogP contribution in [0.25, 0.3) is 98.4 Å². The van der Waals surface area contributed by atoms with Gasteiger partial charge in [-0.1, -0.05) is 188 Å². The fourth-order valence-corrected chi connectivity index (χ4v) is 8.24. The lowest BCUT2D eigenvalue weighted by atomic mass is 9.80. The lowest BCUT2D eigenvalue weighted by molar-refractivity contribution is 1.62. The van der Waals surface area contributed by atoms with Crippen LogP contribution in [-0.2, 0) is 0 Å². The maximum atomic E-state index is 2.36. The van der Waals surface area contributed by atoms with Crippen molar-refractivity contribution in [3.05, 3.63) is 194 Å². The van der Waals surface area contributed by atoms with Gasteiger partial charge in [-0.15, -0.1) is 0 Å². The van der Waals surface area contributed by atoms with Crippen LogP contribution >= 0.6 is 0 Å². The molecule has 0 saturated carbocycles. The van der Waals surface area contributed by atoms with E-state index in [4.69, 9.17) is 0 Å². The Bertz CT molecular complexity index is 2920. The van der Waals surface area contributed by atoms with E-state index in [-0.39, 0.29) is 0 Å². The largest absolute Gasteiger partial charge is 0.0616 e. The monoisotopic (exact) mass is 632 g/mol. The molecule has 0 heteroatoms. The molecule has 0 nitrogen and oxygen atoms in total. The van der Waals surface area contributed by atoms with Gasteiger partial charge in [-0.05, 0) is 104 Å². The Morgan fingerprint density at radius 3 is 1.42 bits per heavy atom. The molecule has 232 valence electrons. The van der Waals surface area contributed by atoms with E-state index < -0.39 is 0 Å². The molecular weight excluding hydrogens is 601 g/mol. The van der Waals surface area contributed by atoms with E-state index >= 15 is 0 Å². The summed E-state index contributed by atoms with van der Waals surface area (Å²) in [7, 11) is 0. The molecule has 10 aromatic carbocycles. The Morgan fingerprint density at radius 2 is 0.680 bits per heavy atom. The molecule has 0 amide bonds. The number of benzene rings is 10. The fourth-order valence-electron chi connectivity index (χ4n) is 8.24. The van der Waals surface area contributed by atoms with Crippen molar-refractivity contribution in [1.29, 1.82) is 0 Å². The molecule has 10 aromatic rings. The highest BCUT2D eigenvalue weighted by molar-refractivity contribution is 6.27. The summed E-state index contributed by atoms with van der Waals surface area (Å²) >= 11 is 0. The van der Waals surface area contributed by atoms with Crippen molar-refractivity contribution in [3.8, 4) is 44.5 Å². The lowest BCUT2D eigenvalue weighted by Gasteiger charge is -2.23. The Morgan fingerprint density at radius 1 is 0.220 bits per heavy atom. The van der Waals surface area contributed by atoms with E-state index in [1.807, 2.05) is 0 Å². The van der Waals surface area contributed by atoms with Crippen LogP contribution in [0.3, 0.4) is 0 Å². The SMILES string of the molecule is c1ccc(-c2c3ccccc3c(-c3cccc4ccccc34)c3cccc(-c4ccc5ccccc5c4)c23)c(-c2cccc3ccccc23)c1. The van der Waals surface area contributed by atoms with Crippen molar-refractivity contribution in [2.75, 3.05) is 0 Å². The minimum atomic E-state index is 1.22. The third-order valence-electron chi connectivity index (χ3n) is 10.4. The molecule has 0 spiro atoms. The average molecular weight is 633 g/mol. The summed E-state index contributed by atoms with van der Waals surface area (Å²) in [5.41, 5.74) is 9.99.